The van der Waals surface area contributed by atoms with E-state index in [9.17, 15) is 9.90 Å². The van der Waals surface area contributed by atoms with Crippen LogP contribution in [0.3, 0.4) is 0 Å². The highest BCUT2D eigenvalue weighted by Gasteiger charge is 2.53. The predicted octanol–water partition coefficient (Wildman–Crippen LogP) is 3.90. The summed E-state index contributed by atoms with van der Waals surface area (Å²) in [4.78, 5) is 11.9. The second kappa shape index (κ2) is 13.2. The zero-order chi connectivity index (χ0) is 27.1. The molecule has 1 aliphatic rings. The normalized spacial score (nSPS) is 24.4. The van der Waals surface area contributed by atoms with Crippen molar-refractivity contribution in [2.24, 2.45) is 0 Å². The Morgan fingerprint density at radius 1 is 1.08 bits per heavy atom. The smallest absolute Gasteiger partial charge is 0.303 e. The number of hydrogen-bond donors (Lipinski definition) is 1. The maximum atomic E-state index is 11.9. The predicted molar refractivity (Wildman–Crippen MR) is 152 cm³/mol. The van der Waals surface area contributed by atoms with Crippen molar-refractivity contribution in [1.82, 2.24) is 0 Å². The monoisotopic (exact) mass is 544 g/mol. The summed E-state index contributed by atoms with van der Waals surface area (Å²) >= 11 is 1.52. The Hall–Kier alpha value is -1.94. The van der Waals surface area contributed by atoms with Gasteiger partial charge in [0.15, 0.2) is 6.10 Å². The van der Waals surface area contributed by atoms with Crippen molar-refractivity contribution in [3.63, 3.8) is 0 Å². The molecule has 1 aliphatic heterocycles. The summed E-state index contributed by atoms with van der Waals surface area (Å²) in [5.74, 6) is 0.298. The number of aliphatic hydroxyl groups is 1. The molecule has 5 atom stereocenters. The van der Waals surface area contributed by atoms with Gasteiger partial charge in [-0.15, -0.1) is 18.3 Å². The Bertz CT molecular complexity index is 957. The van der Waals surface area contributed by atoms with Gasteiger partial charge in [0, 0.05) is 6.92 Å². The van der Waals surface area contributed by atoms with Crippen LogP contribution in [0.2, 0.25) is 5.04 Å². The number of rotatable bonds is 11. The van der Waals surface area contributed by atoms with Gasteiger partial charge in [-0.2, -0.15) is 0 Å². The summed E-state index contributed by atoms with van der Waals surface area (Å²) < 4.78 is 24.9. The van der Waals surface area contributed by atoms with Crippen molar-refractivity contribution in [2.45, 2.75) is 69.5 Å². The Labute approximate surface area is 226 Å². The Morgan fingerprint density at radius 3 is 2.11 bits per heavy atom. The van der Waals surface area contributed by atoms with Crippen molar-refractivity contribution in [2.75, 3.05) is 19.0 Å². The molecule has 202 valence electrons. The van der Waals surface area contributed by atoms with Crippen LogP contribution in [0.1, 0.15) is 34.6 Å². The number of benzene rings is 2. The second-order valence-electron chi connectivity index (χ2n) is 10.1. The van der Waals surface area contributed by atoms with Crippen molar-refractivity contribution < 1.29 is 28.5 Å². The fraction of sp³-hybridized carbons (Fsp3) is 0.483. The van der Waals surface area contributed by atoms with E-state index >= 15 is 0 Å². The Morgan fingerprint density at radius 2 is 1.65 bits per heavy atom. The van der Waals surface area contributed by atoms with E-state index in [1.807, 2.05) is 43.3 Å². The van der Waals surface area contributed by atoms with E-state index in [-0.39, 0.29) is 18.3 Å². The molecule has 8 heteroatoms. The van der Waals surface area contributed by atoms with Crippen molar-refractivity contribution in [1.29, 1.82) is 0 Å². The average molecular weight is 545 g/mol. The maximum Gasteiger partial charge on any atom is 0.303 e. The van der Waals surface area contributed by atoms with Crippen molar-refractivity contribution >= 4 is 36.4 Å². The molecule has 2 aromatic rings. The van der Waals surface area contributed by atoms with Gasteiger partial charge in [-0.1, -0.05) is 94.4 Å². The molecule has 1 heterocycles. The lowest BCUT2D eigenvalue weighted by Gasteiger charge is -2.47. The van der Waals surface area contributed by atoms with Crippen LogP contribution in [0.4, 0.5) is 0 Å². The number of carbonyl (C=O) groups excluding carboxylic acids is 1. The topological polar surface area (TPSA) is 74.2 Å². The van der Waals surface area contributed by atoms with Crippen LogP contribution in [0.25, 0.3) is 0 Å². The molecule has 37 heavy (non-hydrogen) atoms. The number of hydrogen-bond acceptors (Lipinski definition) is 7. The standard InChI is InChI=1S/C29H40O6SSi/c1-7-19-32-26-25(31)24(35-28(36-8-2)27(26)34-21(3)30)20-33-37(29(4,5)6,22-15-11-9-12-16-22)23-17-13-10-14-18-23/h7,9-18,24-28,31H,1,8,19-20H2,2-6H3/t24-,25+,26+,27-,28?/m1/s1. The SMILES string of the molecule is C=CCO[C@H]1[C@@H](O)[C@@H](CO[Si](c2ccccc2)(c2ccccc2)C(C)(C)C)OC(SCC)[C@@H]1OC(C)=O. The van der Waals surface area contributed by atoms with Gasteiger partial charge in [0.25, 0.3) is 8.32 Å². The van der Waals surface area contributed by atoms with Gasteiger partial charge < -0.3 is 23.7 Å². The molecule has 2 aromatic carbocycles. The molecule has 3 rings (SSSR count). The van der Waals surface area contributed by atoms with E-state index < -0.39 is 44.1 Å². The molecule has 0 aromatic heterocycles. The van der Waals surface area contributed by atoms with Crippen LogP contribution in [0, 0.1) is 0 Å². The lowest BCUT2D eigenvalue weighted by molar-refractivity contribution is -0.226. The van der Waals surface area contributed by atoms with E-state index in [0.29, 0.717) is 0 Å². The number of ether oxygens (including phenoxy) is 3. The van der Waals surface area contributed by atoms with Gasteiger partial charge in [-0.05, 0) is 21.2 Å². The molecular weight excluding hydrogens is 504 g/mol. The first-order valence-corrected chi connectivity index (χ1v) is 15.7. The third kappa shape index (κ3) is 6.74. The fourth-order valence-corrected chi connectivity index (χ4v) is 10.5. The molecular formula is C29H40O6SSi. The van der Waals surface area contributed by atoms with Gasteiger partial charge >= 0.3 is 5.97 Å². The van der Waals surface area contributed by atoms with E-state index in [4.69, 9.17) is 18.6 Å². The number of aliphatic hydroxyl groups excluding tert-OH is 1. The van der Waals surface area contributed by atoms with Gasteiger partial charge in [0.2, 0.25) is 0 Å². The molecule has 1 saturated heterocycles. The lowest BCUT2D eigenvalue weighted by Crippen LogP contribution is -2.68. The first-order chi connectivity index (χ1) is 17.7. The van der Waals surface area contributed by atoms with Gasteiger partial charge in [-0.25, -0.2) is 0 Å². The van der Waals surface area contributed by atoms with E-state index in [0.717, 1.165) is 16.1 Å². The Balaban J connectivity index is 2.00. The highest BCUT2D eigenvalue weighted by atomic mass is 32.2. The van der Waals surface area contributed by atoms with Gasteiger partial charge in [0.05, 0.1) is 13.2 Å². The first-order valence-electron chi connectivity index (χ1n) is 12.8. The highest BCUT2D eigenvalue weighted by Crippen LogP contribution is 2.38. The molecule has 1 N–H and O–H groups in total. The van der Waals surface area contributed by atoms with E-state index in [1.54, 1.807) is 6.08 Å². The summed E-state index contributed by atoms with van der Waals surface area (Å²) in [7, 11) is -2.83. The molecule has 1 fully saturated rings. The quantitative estimate of drug-likeness (QED) is 0.261. The summed E-state index contributed by atoms with van der Waals surface area (Å²) in [5.41, 5.74) is -0.500. The van der Waals surface area contributed by atoms with Crippen LogP contribution >= 0.6 is 11.8 Å². The van der Waals surface area contributed by atoms with Crippen LogP contribution in [-0.4, -0.2) is 68.2 Å². The molecule has 0 bridgehead atoms. The number of esters is 1. The highest BCUT2D eigenvalue weighted by molar-refractivity contribution is 7.99. The fourth-order valence-electron chi connectivity index (χ4n) is 4.98. The molecule has 6 nitrogen and oxygen atoms in total. The zero-order valence-electron chi connectivity index (χ0n) is 22.5. The first kappa shape index (κ1) is 29.6. The van der Waals surface area contributed by atoms with Gasteiger partial charge in [-0.3, -0.25) is 4.79 Å². The van der Waals surface area contributed by atoms with E-state index in [1.165, 1.54) is 18.7 Å². The van der Waals surface area contributed by atoms with Gasteiger partial charge in [0.1, 0.15) is 23.7 Å². The van der Waals surface area contributed by atoms with E-state index in [2.05, 4.69) is 51.6 Å². The minimum absolute atomic E-state index is 0.163. The maximum absolute atomic E-state index is 11.9. The van der Waals surface area contributed by atoms with Crippen LogP contribution in [0.15, 0.2) is 73.3 Å². The summed E-state index contributed by atoms with van der Waals surface area (Å²) in [6.45, 7) is 14.1. The third-order valence-corrected chi connectivity index (χ3v) is 12.6. The average Bonchev–Trinajstić information content (AvgIpc) is 2.87. The zero-order valence-corrected chi connectivity index (χ0v) is 24.3. The largest absolute Gasteiger partial charge is 0.456 e. The Kier molecular flexibility index (Phi) is 10.6. The molecule has 0 radical (unpaired) electrons. The molecule has 0 saturated carbocycles. The molecule has 0 aliphatic carbocycles. The number of carbonyl (C=O) groups is 1. The summed E-state index contributed by atoms with van der Waals surface area (Å²) in [6.07, 6.45) is -1.64. The van der Waals surface area contributed by atoms with Crippen LogP contribution in [0.5, 0.6) is 0 Å². The van der Waals surface area contributed by atoms with Crippen LogP contribution in [-0.2, 0) is 23.4 Å². The second-order valence-corrected chi connectivity index (χ2v) is 15.8. The third-order valence-electron chi connectivity index (χ3n) is 6.54. The molecule has 0 spiro atoms. The minimum atomic E-state index is -2.83. The number of thioether (sulfide) groups is 1. The van der Waals surface area contributed by atoms with Crippen molar-refractivity contribution in [3.8, 4) is 0 Å². The van der Waals surface area contributed by atoms with Crippen molar-refractivity contribution in [3.05, 3.63) is 73.3 Å². The van der Waals surface area contributed by atoms with Crippen LogP contribution < -0.4 is 10.4 Å². The molecule has 1 unspecified atom stereocenters. The summed E-state index contributed by atoms with van der Waals surface area (Å²) in [6, 6.07) is 20.7. The summed E-state index contributed by atoms with van der Waals surface area (Å²) in [5, 5.41) is 13.5. The lowest BCUT2D eigenvalue weighted by atomic mass is 10.00. The molecule has 0 amide bonds. The minimum Gasteiger partial charge on any atom is -0.456 e.